The van der Waals surface area contributed by atoms with Crippen molar-refractivity contribution in [1.82, 2.24) is 14.5 Å². The fourth-order valence-corrected chi connectivity index (χ4v) is 4.70. The topological polar surface area (TPSA) is 44.5 Å². The summed E-state index contributed by atoms with van der Waals surface area (Å²) in [6, 6.07) is 16.3. The minimum Gasteiger partial charge on any atom is -0.494 e. The molecule has 5 nitrogen and oxygen atoms in total. The maximum atomic E-state index is 10.9. The lowest BCUT2D eigenvalue weighted by Crippen LogP contribution is -2.46. The predicted octanol–water partition coefficient (Wildman–Crippen LogP) is 5.07. The first-order chi connectivity index (χ1) is 15.6. The Hall–Kier alpha value is -3.02. The lowest BCUT2D eigenvalue weighted by Gasteiger charge is -2.36. The van der Waals surface area contributed by atoms with E-state index in [1.54, 1.807) is 0 Å². The van der Waals surface area contributed by atoms with Crippen LogP contribution in [-0.2, 0) is 13.1 Å². The number of hydrogen-bond acceptors (Lipinski definition) is 4. The van der Waals surface area contributed by atoms with Gasteiger partial charge in [0.1, 0.15) is 0 Å². The third kappa shape index (κ3) is 4.31. The average Bonchev–Trinajstić information content (AvgIpc) is 3.12. The first-order valence-corrected chi connectivity index (χ1v) is 11.4. The van der Waals surface area contributed by atoms with E-state index in [1.165, 1.54) is 11.3 Å². The fourth-order valence-electron chi connectivity index (χ4n) is 4.57. The van der Waals surface area contributed by atoms with Gasteiger partial charge < -0.3 is 14.6 Å². The number of aromatic hydroxyl groups is 1. The number of piperazine rings is 1. The second-order valence-corrected chi connectivity index (χ2v) is 8.99. The Morgan fingerprint density at radius 1 is 0.906 bits per heavy atom. The summed E-state index contributed by atoms with van der Waals surface area (Å²) >= 11 is 6.01. The molecule has 164 valence electrons. The molecule has 2 aromatic carbocycles. The lowest BCUT2D eigenvalue weighted by molar-refractivity contribution is 0.250. The summed E-state index contributed by atoms with van der Waals surface area (Å²) < 4.78 is 1.91. The standard InChI is InChI=1S/C26H27ClN4O/c1-19-14-24(30-12-10-29(11-13-30)16-21-6-8-28-9-7-21)15-22-18-31(26(32)25(19)22)17-20-2-4-23(27)5-3-20/h2-9,14-15,18,32H,10-13,16-17H2,1H3. The molecule has 1 aliphatic heterocycles. The van der Waals surface area contributed by atoms with Crippen molar-refractivity contribution in [2.75, 3.05) is 31.1 Å². The van der Waals surface area contributed by atoms with Crippen molar-refractivity contribution in [3.8, 4) is 5.88 Å². The molecule has 0 unspecified atom stereocenters. The Balaban J connectivity index is 1.32. The molecule has 1 saturated heterocycles. The third-order valence-electron chi connectivity index (χ3n) is 6.30. The van der Waals surface area contributed by atoms with Gasteiger partial charge in [0.25, 0.3) is 0 Å². The molecule has 0 saturated carbocycles. The molecule has 0 spiro atoms. The highest BCUT2D eigenvalue weighted by Crippen LogP contribution is 2.34. The summed E-state index contributed by atoms with van der Waals surface area (Å²) in [6.45, 7) is 7.71. The monoisotopic (exact) mass is 446 g/mol. The van der Waals surface area contributed by atoms with E-state index in [0.29, 0.717) is 12.4 Å². The number of aromatic nitrogens is 2. The largest absolute Gasteiger partial charge is 0.494 e. The van der Waals surface area contributed by atoms with Crippen LogP contribution in [0.4, 0.5) is 5.69 Å². The van der Waals surface area contributed by atoms with Gasteiger partial charge in [-0.05, 0) is 60.0 Å². The van der Waals surface area contributed by atoms with Crippen LogP contribution in [0.25, 0.3) is 10.8 Å². The zero-order valence-corrected chi connectivity index (χ0v) is 19.0. The molecule has 0 amide bonds. The number of rotatable bonds is 5. The third-order valence-corrected chi connectivity index (χ3v) is 6.55. The predicted molar refractivity (Wildman–Crippen MR) is 131 cm³/mol. The second-order valence-electron chi connectivity index (χ2n) is 8.55. The molecule has 0 bridgehead atoms. The number of halogens is 1. The van der Waals surface area contributed by atoms with E-state index in [1.807, 2.05) is 41.2 Å². The molecule has 0 aliphatic carbocycles. The summed E-state index contributed by atoms with van der Waals surface area (Å²) in [7, 11) is 0. The van der Waals surface area contributed by atoms with Crippen LogP contribution in [0.3, 0.4) is 0 Å². The minimum absolute atomic E-state index is 0.321. The molecule has 1 fully saturated rings. The van der Waals surface area contributed by atoms with Crippen LogP contribution in [0.2, 0.25) is 5.02 Å². The van der Waals surface area contributed by atoms with Crippen molar-refractivity contribution < 1.29 is 5.11 Å². The van der Waals surface area contributed by atoms with Crippen molar-refractivity contribution in [1.29, 1.82) is 0 Å². The molecule has 0 radical (unpaired) electrons. The number of fused-ring (bicyclic) bond motifs is 1. The second kappa shape index (κ2) is 8.85. The summed E-state index contributed by atoms with van der Waals surface area (Å²) in [5.41, 5.74) is 4.74. The van der Waals surface area contributed by atoms with Gasteiger partial charge in [0.05, 0.1) is 6.54 Å². The minimum atomic E-state index is 0.321. The van der Waals surface area contributed by atoms with Crippen LogP contribution < -0.4 is 4.90 Å². The maximum absolute atomic E-state index is 10.9. The number of hydrogen-bond donors (Lipinski definition) is 1. The zero-order valence-electron chi connectivity index (χ0n) is 18.2. The molecule has 3 heterocycles. The molecule has 32 heavy (non-hydrogen) atoms. The summed E-state index contributed by atoms with van der Waals surface area (Å²) in [5, 5.41) is 13.6. The van der Waals surface area contributed by atoms with Crippen LogP contribution in [0.1, 0.15) is 16.7 Å². The highest BCUT2D eigenvalue weighted by atomic mass is 35.5. The van der Waals surface area contributed by atoms with Crippen LogP contribution in [-0.4, -0.2) is 45.7 Å². The van der Waals surface area contributed by atoms with Crippen molar-refractivity contribution >= 4 is 28.1 Å². The van der Waals surface area contributed by atoms with Gasteiger partial charge in [-0.2, -0.15) is 0 Å². The normalized spacial score (nSPS) is 14.9. The van der Waals surface area contributed by atoms with E-state index in [4.69, 9.17) is 11.6 Å². The van der Waals surface area contributed by atoms with Crippen molar-refractivity contribution in [3.63, 3.8) is 0 Å². The van der Waals surface area contributed by atoms with Crippen molar-refractivity contribution in [2.24, 2.45) is 0 Å². The fraction of sp³-hybridized carbons (Fsp3) is 0.269. The first kappa shape index (κ1) is 20.9. The Bertz CT molecular complexity index is 1210. The van der Waals surface area contributed by atoms with E-state index in [0.717, 1.165) is 59.6 Å². The molecular weight excluding hydrogens is 420 g/mol. The number of pyridine rings is 1. The summed E-state index contributed by atoms with van der Waals surface area (Å²) in [6.07, 6.45) is 5.77. The van der Waals surface area contributed by atoms with Gasteiger partial charge in [0, 0.05) is 72.8 Å². The highest BCUT2D eigenvalue weighted by molar-refractivity contribution is 6.30. The van der Waals surface area contributed by atoms with E-state index in [9.17, 15) is 5.11 Å². The average molecular weight is 447 g/mol. The van der Waals surface area contributed by atoms with Gasteiger partial charge in [0.2, 0.25) is 0 Å². The van der Waals surface area contributed by atoms with E-state index in [2.05, 4.69) is 52.2 Å². The summed E-state index contributed by atoms with van der Waals surface area (Å²) in [4.78, 5) is 9.05. The molecule has 2 aromatic heterocycles. The van der Waals surface area contributed by atoms with Crippen LogP contribution >= 0.6 is 11.6 Å². The first-order valence-electron chi connectivity index (χ1n) is 11.0. The van der Waals surface area contributed by atoms with Gasteiger partial charge in [-0.1, -0.05) is 23.7 Å². The van der Waals surface area contributed by atoms with Gasteiger partial charge >= 0.3 is 0 Å². The van der Waals surface area contributed by atoms with Crippen LogP contribution in [0.15, 0.2) is 67.1 Å². The number of nitrogens with zero attached hydrogens (tertiary/aromatic N) is 4. The van der Waals surface area contributed by atoms with Crippen molar-refractivity contribution in [3.05, 3.63) is 88.8 Å². The van der Waals surface area contributed by atoms with E-state index in [-0.39, 0.29) is 0 Å². The van der Waals surface area contributed by atoms with Crippen molar-refractivity contribution in [2.45, 2.75) is 20.0 Å². The quantitative estimate of drug-likeness (QED) is 0.464. The number of anilines is 1. The summed E-state index contributed by atoms with van der Waals surface area (Å²) in [5.74, 6) is 0.321. The Labute approximate surface area is 193 Å². The molecule has 6 heteroatoms. The van der Waals surface area contributed by atoms with Gasteiger partial charge in [0.15, 0.2) is 5.88 Å². The Morgan fingerprint density at radius 3 is 2.31 bits per heavy atom. The van der Waals surface area contributed by atoms with E-state index >= 15 is 0 Å². The van der Waals surface area contributed by atoms with E-state index < -0.39 is 0 Å². The zero-order chi connectivity index (χ0) is 22.1. The molecule has 1 N–H and O–H groups in total. The number of aryl methyl sites for hydroxylation is 1. The Kier molecular flexibility index (Phi) is 5.77. The molecule has 5 rings (SSSR count). The molecular formula is C26H27ClN4O. The molecule has 4 aromatic rings. The smallest absolute Gasteiger partial charge is 0.199 e. The molecule has 0 atom stereocenters. The van der Waals surface area contributed by atoms with Crippen LogP contribution in [0.5, 0.6) is 5.88 Å². The molecule has 1 aliphatic rings. The van der Waals surface area contributed by atoms with Gasteiger partial charge in [-0.15, -0.1) is 0 Å². The lowest BCUT2D eigenvalue weighted by atomic mass is 10.1. The highest BCUT2D eigenvalue weighted by Gasteiger charge is 2.20. The number of benzene rings is 2. The van der Waals surface area contributed by atoms with Gasteiger partial charge in [-0.25, -0.2) is 0 Å². The van der Waals surface area contributed by atoms with Crippen LogP contribution in [0, 0.1) is 6.92 Å². The SMILES string of the molecule is Cc1cc(N2CCN(Cc3ccncc3)CC2)cc2cn(Cc3ccc(Cl)cc3)c(O)c12. The Morgan fingerprint density at radius 2 is 1.59 bits per heavy atom. The van der Waals surface area contributed by atoms with Gasteiger partial charge in [-0.3, -0.25) is 9.88 Å². The maximum Gasteiger partial charge on any atom is 0.199 e.